The zero-order valence-electron chi connectivity index (χ0n) is 37.1. The molecule has 0 fully saturated rings. The van der Waals surface area contributed by atoms with Crippen molar-refractivity contribution in [2.75, 3.05) is 74.9 Å². The van der Waals surface area contributed by atoms with E-state index < -0.39 is 11.9 Å². The highest BCUT2D eigenvalue weighted by Gasteiger charge is 2.30. The normalized spacial score (nSPS) is 16.4. The summed E-state index contributed by atoms with van der Waals surface area (Å²) in [5.74, 6) is 2.51. The minimum absolute atomic E-state index is 0.0365. The van der Waals surface area contributed by atoms with Gasteiger partial charge in [0.25, 0.3) is 0 Å². The van der Waals surface area contributed by atoms with Crippen LogP contribution in [-0.2, 0) is 44.7 Å². The fourth-order valence-electron chi connectivity index (χ4n) is 8.69. The molecule has 0 aromatic heterocycles. The second kappa shape index (κ2) is 21.3. The Hall–Kier alpha value is -5.52. The van der Waals surface area contributed by atoms with Gasteiger partial charge in [-0.2, -0.15) is 0 Å². The van der Waals surface area contributed by atoms with E-state index in [1.165, 1.54) is 38.9 Å². The van der Waals surface area contributed by atoms with Crippen LogP contribution in [0.25, 0.3) is 0 Å². The van der Waals surface area contributed by atoms with Gasteiger partial charge in [-0.1, -0.05) is 30.3 Å². The smallest absolute Gasteiger partial charge is 0.331 e. The summed E-state index contributed by atoms with van der Waals surface area (Å²) in [7, 11) is 8.28. The van der Waals surface area contributed by atoms with Crippen molar-refractivity contribution in [1.29, 1.82) is 0 Å². The van der Waals surface area contributed by atoms with Crippen LogP contribution in [0.2, 0.25) is 0 Å². The summed E-state index contributed by atoms with van der Waals surface area (Å²) >= 11 is 0. The zero-order chi connectivity index (χ0) is 43.5. The minimum Gasteiger partial charge on any atom is -0.496 e. The molecule has 6 rings (SSSR count). The maximum atomic E-state index is 12.6. The van der Waals surface area contributed by atoms with Crippen molar-refractivity contribution >= 4 is 11.9 Å². The third kappa shape index (κ3) is 11.3. The van der Waals surface area contributed by atoms with Gasteiger partial charge in [0.2, 0.25) is 0 Å². The van der Waals surface area contributed by atoms with Crippen LogP contribution in [0.4, 0.5) is 0 Å². The third-order valence-electron chi connectivity index (χ3n) is 12.1. The molecule has 0 bridgehead atoms. The van der Waals surface area contributed by atoms with E-state index in [9.17, 15) is 9.59 Å². The van der Waals surface area contributed by atoms with Crippen molar-refractivity contribution in [2.45, 2.75) is 71.4 Å². The molecule has 2 atom stereocenters. The molecular formula is C50H62N2O9. The van der Waals surface area contributed by atoms with E-state index in [1.807, 2.05) is 12.1 Å². The van der Waals surface area contributed by atoms with E-state index >= 15 is 0 Å². The molecule has 0 spiro atoms. The number of carbonyl (C=O) groups excluding carboxylic acids is 2. The molecule has 4 aromatic carbocycles. The first-order valence-corrected chi connectivity index (χ1v) is 21.2. The number of carbonyl (C=O) groups is 2. The predicted octanol–water partition coefficient (Wildman–Crippen LogP) is 8.06. The van der Waals surface area contributed by atoms with Crippen LogP contribution in [-0.4, -0.2) is 96.7 Å². The molecule has 0 saturated carbocycles. The molecule has 326 valence electrons. The minimum atomic E-state index is -0.576. The van der Waals surface area contributed by atoms with E-state index in [0.717, 1.165) is 74.3 Å². The van der Waals surface area contributed by atoms with Crippen molar-refractivity contribution in [2.24, 2.45) is 0 Å². The number of hydrogen-bond acceptors (Lipinski definition) is 11. The number of hydrogen-bond donors (Lipinski definition) is 0. The highest BCUT2D eigenvalue weighted by molar-refractivity contribution is 5.91. The number of ether oxygens (including phenoxy) is 7. The molecule has 11 nitrogen and oxygen atoms in total. The monoisotopic (exact) mass is 834 g/mol. The van der Waals surface area contributed by atoms with Crippen LogP contribution in [0.3, 0.4) is 0 Å². The Kier molecular flexibility index (Phi) is 15.7. The summed E-state index contributed by atoms with van der Waals surface area (Å²) < 4.78 is 39.0. The maximum absolute atomic E-state index is 12.6. The van der Waals surface area contributed by atoms with Crippen LogP contribution < -0.4 is 23.7 Å². The standard InChI is InChI=1S/C50H62N2O9/c1-33-11-12-36(29-45(33)56-5)27-42-40-26-35(3)34(2)25-38(40)17-21-51(42)19-9-23-60-49(53)15-16-50(54)61-24-10-20-52-22-18-39-31-47(58-7)48(59-8)32-41(39)43(52)28-37-13-14-44(55-4)46(30-37)57-6/h11-16,25-26,29-32,42-43H,9-10,17-24,27-28H2,1-8H3/b16-15-/t42-,43-/m1/s1. The first-order chi connectivity index (χ1) is 29.5. The highest BCUT2D eigenvalue weighted by atomic mass is 16.5. The van der Waals surface area contributed by atoms with Gasteiger partial charge in [0.05, 0.1) is 48.8 Å². The first kappa shape index (κ1) is 45.0. The van der Waals surface area contributed by atoms with E-state index in [0.29, 0.717) is 42.4 Å². The molecule has 0 saturated heterocycles. The number of nitrogens with zero attached hydrogens (tertiary/aromatic N) is 2. The van der Waals surface area contributed by atoms with E-state index in [-0.39, 0.29) is 25.3 Å². The number of methoxy groups -OCH3 is 5. The van der Waals surface area contributed by atoms with Crippen LogP contribution in [0, 0.1) is 20.8 Å². The van der Waals surface area contributed by atoms with Crippen LogP contribution in [0.1, 0.15) is 75.0 Å². The second-order valence-electron chi connectivity index (χ2n) is 15.9. The Morgan fingerprint density at radius 2 is 1.00 bits per heavy atom. The quantitative estimate of drug-likeness (QED) is 0.0521. The Morgan fingerprint density at radius 3 is 1.56 bits per heavy atom. The van der Waals surface area contributed by atoms with Crippen molar-refractivity contribution in [3.8, 4) is 28.7 Å². The van der Waals surface area contributed by atoms with Crippen molar-refractivity contribution in [1.82, 2.24) is 9.80 Å². The average Bonchev–Trinajstić information content (AvgIpc) is 3.27. The highest BCUT2D eigenvalue weighted by Crippen LogP contribution is 2.41. The summed E-state index contributed by atoms with van der Waals surface area (Å²) in [6.45, 7) is 10.1. The van der Waals surface area contributed by atoms with Crippen LogP contribution in [0.15, 0.2) is 72.8 Å². The largest absolute Gasteiger partial charge is 0.496 e. The molecule has 2 aliphatic rings. The summed E-state index contributed by atoms with van der Waals surface area (Å²) in [5.41, 5.74) is 11.2. The number of esters is 2. The fourth-order valence-corrected chi connectivity index (χ4v) is 8.69. The van der Waals surface area contributed by atoms with Gasteiger partial charge in [-0.25, -0.2) is 9.59 Å². The molecule has 11 heteroatoms. The van der Waals surface area contributed by atoms with E-state index in [2.05, 4.69) is 79.1 Å². The topological polar surface area (TPSA) is 105 Å². The fraction of sp³-hybridized carbons (Fsp3) is 0.440. The number of fused-ring (bicyclic) bond motifs is 2. The lowest BCUT2D eigenvalue weighted by Crippen LogP contribution is -2.38. The number of benzene rings is 4. The molecule has 0 N–H and O–H groups in total. The lowest BCUT2D eigenvalue weighted by molar-refractivity contribution is -0.140. The van der Waals surface area contributed by atoms with Crippen molar-refractivity contribution in [3.05, 3.63) is 123 Å². The van der Waals surface area contributed by atoms with Crippen molar-refractivity contribution in [3.63, 3.8) is 0 Å². The van der Waals surface area contributed by atoms with Gasteiger partial charge in [-0.15, -0.1) is 0 Å². The van der Waals surface area contributed by atoms with Crippen LogP contribution >= 0.6 is 0 Å². The average molecular weight is 835 g/mol. The molecular weight excluding hydrogens is 773 g/mol. The lowest BCUT2D eigenvalue weighted by atomic mass is 9.86. The number of aryl methyl sites for hydroxylation is 3. The molecule has 4 aromatic rings. The van der Waals surface area contributed by atoms with E-state index in [1.54, 1.807) is 35.5 Å². The summed E-state index contributed by atoms with van der Waals surface area (Å²) in [6.07, 6.45) is 7.00. The van der Waals surface area contributed by atoms with Gasteiger partial charge >= 0.3 is 11.9 Å². The molecule has 2 heterocycles. The van der Waals surface area contributed by atoms with Crippen LogP contribution in [0.5, 0.6) is 28.7 Å². The lowest BCUT2D eigenvalue weighted by Gasteiger charge is -2.38. The summed E-state index contributed by atoms with van der Waals surface area (Å²) in [6, 6.07) is 21.5. The SMILES string of the molecule is COc1cc(C[C@@H]2c3cc(C)c(C)cc3CCN2CCCOC(=O)/C=C\C(=O)OCCCN2CCc3cc(OC)c(OC)cc3[C@H]2Cc2ccc(OC)c(OC)c2)ccc1C. The molecule has 0 aliphatic carbocycles. The van der Waals surface area contributed by atoms with Gasteiger partial charge in [0.15, 0.2) is 23.0 Å². The number of rotatable bonds is 19. The van der Waals surface area contributed by atoms with Gasteiger partial charge in [0, 0.05) is 50.4 Å². The van der Waals surface area contributed by atoms with Gasteiger partial charge < -0.3 is 33.2 Å². The van der Waals surface area contributed by atoms with Gasteiger partial charge in [-0.3, -0.25) is 9.80 Å². The maximum Gasteiger partial charge on any atom is 0.331 e. The Morgan fingerprint density at radius 1 is 0.541 bits per heavy atom. The Bertz CT molecular complexity index is 2180. The Labute approximate surface area is 361 Å². The second-order valence-corrected chi connectivity index (χ2v) is 15.9. The third-order valence-corrected chi connectivity index (χ3v) is 12.1. The van der Waals surface area contributed by atoms with Gasteiger partial charge in [-0.05, 0) is 140 Å². The first-order valence-electron chi connectivity index (χ1n) is 21.2. The van der Waals surface area contributed by atoms with Crippen molar-refractivity contribution < 1.29 is 42.7 Å². The predicted molar refractivity (Wildman–Crippen MR) is 236 cm³/mol. The molecule has 0 unspecified atom stereocenters. The molecule has 61 heavy (non-hydrogen) atoms. The van der Waals surface area contributed by atoms with Gasteiger partial charge in [0.1, 0.15) is 5.75 Å². The molecule has 0 amide bonds. The van der Waals surface area contributed by atoms with E-state index in [4.69, 9.17) is 33.2 Å². The zero-order valence-corrected chi connectivity index (χ0v) is 37.1. The Balaban J connectivity index is 0.991. The molecule has 0 radical (unpaired) electrons. The summed E-state index contributed by atoms with van der Waals surface area (Å²) in [4.78, 5) is 30.2. The molecule has 2 aliphatic heterocycles. The summed E-state index contributed by atoms with van der Waals surface area (Å²) in [5, 5.41) is 0.